The van der Waals surface area contributed by atoms with Crippen LogP contribution >= 0.6 is 24.8 Å². The van der Waals surface area contributed by atoms with E-state index in [-0.39, 0.29) is 36.8 Å². The number of rotatable bonds is 5. The number of hydrogen-bond acceptors (Lipinski definition) is 3. The van der Waals surface area contributed by atoms with Crippen LogP contribution in [0.4, 0.5) is 0 Å². The fraction of sp³-hybridized carbons (Fsp3) is 0.750. The van der Waals surface area contributed by atoms with Gasteiger partial charge in [-0.05, 0) is 32.6 Å². The average molecular weight is 365 g/mol. The molecule has 0 bridgehead atoms. The lowest BCUT2D eigenvalue weighted by molar-refractivity contribution is -0.121. The van der Waals surface area contributed by atoms with Crippen molar-refractivity contribution >= 4 is 30.7 Å². The number of aryl methyl sites for hydroxylation is 2. The molecule has 1 fully saturated rings. The third-order valence-electron chi connectivity index (χ3n) is 4.82. The van der Waals surface area contributed by atoms with E-state index in [2.05, 4.69) is 10.4 Å². The maximum Gasteiger partial charge on any atom is 0.224 e. The van der Waals surface area contributed by atoms with E-state index in [0.29, 0.717) is 18.9 Å². The predicted molar refractivity (Wildman–Crippen MR) is 98.4 cm³/mol. The number of amides is 1. The molecule has 23 heavy (non-hydrogen) atoms. The molecular formula is C16H30Cl2N4O. The number of carbonyl (C=O) groups is 1. The summed E-state index contributed by atoms with van der Waals surface area (Å²) in [5.41, 5.74) is 8.91. The zero-order valence-electron chi connectivity index (χ0n) is 14.3. The number of nitrogens with one attached hydrogen (secondary N) is 1. The van der Waals surface area contributed by atoms with Crippen LogP contribution in [0.5, 0.6) is 0 Å². The Kier molecular flexibility index (Phi) is 9.82. The lowest BCUT2D eigenvalue weighted by Gasteiger charge is -2.30. The number of aromatic nitrogens is 2. The zero-order chi connectivity index (χ0) is 15.4. The van der Waals surface area contributed by atoms with E-state index in [0.717, 1.165) is 17.0 Å². The molecule has 0 saturated heterocycles. The number of carbonyl (C=O) groups excluding carboxylic acids is 1. The third-order valence-corrected chi connectivity index (χ3v) is 4.82. The first-order chi connectivity index (χ1) is 10.0. The van der Waals surface area contributed by atoms with Crippen LogP contribution in [0.15, 0.2) is 0 Å². The molecule has 3 N–H and O–H groups in total. The Morgan fingerprint density at radius 1 is 1.30 bits per heavy atom. The molecule has 2 rings (SSSR count). The van der Waals surface area contributed by atoms with Gasteiger partial charge in [0.2, 0.25) is 5.91 Å². The highest BCUT2D eigenvalue weighted by Crippen LogP contribution is 2.26. The lowest BCUT2D eigenvalue weighted by Crippen LogP contribution is -2.46. The fourth-order valence-electron chi connectivity index (χ4n) is 3.40. The maximum atomic E-state index is 12.3. The Balaban J connectivity index is 0.00000242. The summed E-state index contributed by atoms with van der Waals surface area (Å²) in [5.74, 6) is 0.610. The van der Waals surface area contributed by atoms with Gasteiger partial charge in [0.05, 0.1) is 12.1 Å². The van der Waals surface area contributed by atoms with Gasteiger partial charge in [-0.25, -0.2) is 0 Å². The van der Waals surface area contributed by atoms with Crippen molar-refractivity contribution in [1.82, 2.24) is 15.1 Å². The van der Waals surface area contributed by atoms with Gasteiger partial charge < -0.3 is 11.1 Å². The summed E-state index contributed by atoms with van der Waals surface area (Å²) in [6.07, 6.45) is 6.61. The third kappa shape index (κ3) is 5.66. The van der Waals surface area contributed by atoms with E-state index in [9.17, 15) is 4.79 Å². The average Bonchev–Trinajstić information content (AvgIpc) is 2.72. The minimum Gasteiger partial charge on any atom is -0.352 e. The van der Waals surface area contributed by atoms with Crippen LogP contribution in [0.25, 0.3) is 0 Å². The molecule has 1 atom stereocenters. The van der Waals surface area contributed by atoms with Crippen molar-refractivity contribution in [2.75, 3.05) is 6.54 Å². The van der Waals surface area contributed by atoms with Crippen LogP contribution in [-0.2, 0) is 18.3 Å². The number of halogens is 2. The highest BCUT2D eigenvalue weighted by Gasteiger charge is 2.24. The molecule has 1 aliphatic carbocycles. The van der Waals surface area contributed by atoms with Gasteiger partial charge in [-0.1, -0.05) is 19.3 Å². The van der Waals surface area contributed by atoms with Crippen molar-refractivity contribution in [2.45, 2.75) is 58.4 Å². The van der Waals surface area contributed by atoms with E-state index in [1.54, 1.807) is 0 Å². The largest absolute Gasteiger partial charge is 0.352 e. The van der Waals surface area contributed by atoms with Crippen LogP contribution in [0, 0.1) is 19.8 Å². The molecule has 0 radical (unpaired) electrons. The van der Waals surface area contributed by atoms with E-state index in [1.807, 2.05) is 25.6 Å². The molecule has 0 aromatic carbocycles. The highest BCUT2D eigenvalue weighted by atomic mass is 35.5. The minimum atomic E-state index is 0. The van der Waals surface area contributed by atoms with Gasteiger partial charge in [-0.2, -0.15) is 5.10 Å². The van der Waals surface area contributed by atoms with Gasteiger partial charge in [0, 0.05) is 30.9 Å². The van der Waals surface area contributed by atoms with E-state index in [1.165, 1.54) is 32.1 Å². The highest BCUT2D eigenvalue weighted by molar-refractivity contribution is 5.85. The molecule has 5 nitrogen and oxygen atoms in total. The monoisotopic (exact) mass is 364 g/mol. The first-order valence-electron chi connectivity index (χ1n) is 8.01. The molecular weight excluding hydrogens is 335 g/mol. The van der Waals surface area contributed by atoms with Crippen molar-refractivity contribution in [1.29, 1.82) is 0 Å². The van der Waals surface area contributed by atoms with E-state index >= 15 is 0 Å². The summed E-state index contributed by atoms with van der Waals surface area (Å²) in [4.78, 5) is 12.3. The zero-order valence-corrected chi connectivity index (χ0v) is 15.9. The predicted octanol–water partition coefficient (Wildman–Crippen LogP) is 2.45. The minimum absolute atomic E-state index is 0. The Labute approximate surface area is 151 Å². The quantitative estimate of drug-likeness (QED) is 0.842. The molecule has 7 heteroatoms. The summed E-state index contributed by atoms with van der Waals surface area (Å²) >= 11 is 0. The lowest BCUT2D eigenvalue weighted by atomic mass is 9.84. The van der Waals surface area contributed by atoms with Crippen LogP contribution in [-0.4, -0.2) is 28.3 Å². The van der Waals surface area contributed by atoms with Crippen molar-refractivity contribution < 1.29 is 4.79 Å². The molecule has 1 unspecified atom stereocenters. The van der Waals surface area contributed by atoms with Gasteiger partial charge in [0.1, 0.15) is 0 Å². The Bertz CT molecular complexity index is 499. The standard InChI is InChI=1S/C16H28N4O.2ClH/c1-11-14(12(2)20(3)19-11)9-16(21)18-15(10-17)13-7-5-4-6-8-13;;/h13,15H,4-10,17H2,1-3H3,(H,18,21);2*1H. The van der Waals surface area contributed by atoms with Crippen LogP contribution in [0.1, 0.15) is 49.1 Å². The molecule has 1 aliphatic rings. The number of nitrogens with zero attached hydrogens (tertiary/aromatic N) is 2. The van der Waals surface area contributed by atoms with Crippen LogP contribution < -0.4 is 11.1 Å². The van der Waals surface area contributed by atoms with Crippen molar-refractivity contribution in [3.05, 3.63) is 17.0 Å². The van der Waals surface area contributed by atoms with Crippen molar-refractivity contribution in [3.63, 3.8) is 0 Å². The molecule has 0 aliphatic heterocycles. The summed E-state index contributed by atoms with van der Waals surface area (Å²) in [6.45, 7) is 4.49. The SMILES string of the molecule is Cc1nn(C)c(C)c1CC(=O)NC(CN)C1CCCCC1.Cl.Cl. The number of nitrogens with two attached hydrogens (primary N) is 1. The van der Waals surface area contributed by atoms with Gasteiger partial charge in [0.15, 0.2) is 0 Å². The van der Waals surface area contributed by atoms with Crippen LogP contribution in [0.3, 0.4) is 0 Å². The van der Waals surface area contributed by atoms with Gasteiger partial charge >= 0.3 is 0 Å². The second kappa shape index (κ2) is 10.2. The topological polar surface area (TPSA) is 72.9 Å². The van der Waals surface area contributed by atoms with Crippen molar-refractivity contribution in [3.8, 4) is 0 Å². The molecule has 1 heterocycles. The second-order valence-electron chi connectivity index (χ2n) is 6.26. The molecule has 0 spiro atoms. The molecule has 1 aromatic heterocycles. The summed E-state index contributed by atoms with van der Waals surface area (Å²) in [5, 5.41) is 7.51. The Morgan fingerprint density at radius 3 is 2.39 bits per heavy atom. The van der Waals surface area contributed by atoms with Gasteiger partial charge in [-0.3, -0.25) is 9.48 Å². The normalized spacial score (nSPS) is 16.2. The first kappa shape index (κ1) is 22.2. The Hall–Kier alpha value is -0.780. The first-order valence-corrected chi connectivity index (χ1v) is 8.01. The second-order valence-corrected chi connectivity index (χ2v) is 6.26. The molecule has 134 valence electrons. The van der Waals surface area contributed by atoms with Gasteiger partial charge in [0.25, 0.3) is 0 Å². The van der Waals surface area contributed by atoms with Crippen LogP contribution in [0.2, 0.25) is 0 Å². The summed E-state index contributed by atoms with van der Waals surface area (Å²) in [6, 6.07) is 0.120. The number of hydrogen-bond donors (Lipinski definition) is 2. The fourth-order valence-corrected chi connectivity index (χ4v) is 3.40. The maximum absolute atomic E-state index is 12.3. The van der Waals surface area contributed by atoms with E-state index in [4.69, 9.17) is 5.73 Å². The van der Waals surface area contributed by atoms with E-state index < -0.39 is 0 Å². The molecule has 1 amide bonds. The smallest absolute Gasteiger partial charge is 0.224 e. The molecule has 1 saturated carbocycles. The van der Waals surface area contributed by atoms with Crippen molar-refractivity contribution in [2.24, 2.45) is 18.7 Å². The summed E-state index contributed by atoms with van der Waals surface area (Å²) < 4.78 is 1.83. The van der Waals surface area contributed by atoms with Gasteiger partial charge in [-0.15, -0.1) is 24.8 Å². The summed E-state index contributed by atoms with van der Waals surface area (Å²) in [7, 11) is 1.91. The Morgan fingerprint density at radius 2 is 1.91 bits per heavy atom. The molecule has 1 aromatic rings.